The molecule has 0 spiro atoms. The van der Waals surface area contributed by atoms with Crippen molar-refractivity contribution in [3.8, 4) is 0 Å². The van der Waals surface area contributed by atoms with Crippen molar-refractivity contribution in [1.29, 1.82) is 0 Å². The van der Waals surface area contributed by atoms with E-state index in [4.69, 9.17) is 4.74 Å². The van der Waals surface area contributed by atoms with Gasteiger partial charge in [0.25, 0.3) is 0 Å². The topological polar surface area (TPSA) is 21.3 Å². The van der Waals surface area contributed by atoms with Gasteiger partial charge in [0, 0.05) is 11.8 Å². The third-order valence-electron chi connectivity index (χ3n) is 3.94. The summed E-state index contributed by atoms with van der Waals surface area (Å²) in [5.41, 5.74) is 2.89. The van der Waals surface area contributed by atoms with E-state index in [1.165, 1.54) is 35.5 Å². The molecule has 0 saturated carbocycles. The van der Waals surface area contributed by atoms with Crippen molar-refractivity contribution in [2.75, 3.05) is 24.7 Å². The third-order valence-corrected chi connectivity index (χ3v) is 5.28. The zero-order chi connectivity index (χ0) is 14.9. The van der Waals surface area contributed by atoms with Crippen molar-refractivity contribution in [2.24, 2.45) is 0 Å². The molecule has 1 aliphatic heterocycles. The average molecular weight is 308 g/mol. The summed E-state index contributed by atoms with van der Waals surface area (Å²) in [6, 6.07) is 9.34. The number of nitrogens with one attached hydrogen (secondary N) is 1. The lowest BCUT2D eigenvalue weighted by Gasteiger charge is -2.29. The van der Waals surface area contributed by atoms with Crippen LogP contribution in [0.5, 0.6) is 0 Å². The first-order valence-electron chi connectivity index (χ1n) is 8.35. The molecule has 1 aromatic carbocycles. The number of thioether (sulfide) groups is 1. The molecule has 1 N–H and O–H groups in total. The Kier molecular flexibility index (Phi) is 7.62. The largest absolute Gasteiger partial charge is 0.373 e. The zero-order valence-electron chi connectivity index (χ0n) is 13.4. The summed E-state index contributed by atoms with van der Waals surface area (Å²) >= 11 is 2.06. The minimum absolute atomic E-state index is 0.270. The van der Waals surface area contributed by atoms with Gasteiger partial charge in [0.1, 0.15) is 0 Å². The molecule has 0 aromatic heterocycles. The number of fused-ring (bicyclic) bond motifs is 1. The quantitative estimate of drug-likeness (QED) is 0.691. The highest BCUT2D eigenvalue weighted by atomic mass is 32.2. The fourth-order valence-corrected chi connectivity index (χ4v) is 3.85. The van der Waals surface area contributed by atoms with Gasteiger partial charge in [-0.3, -0.25) is 0 Å². The summed E-state index contributed by atoms with van der Waals surface area (Å²) in [5.74, 6) is 2.45. The molecule has 0 radical (unpaired) electrons. The van der Waals surface area contributed by atoms with E-state index in [2.05, 4.69) is 55.2 Å². The summed E-state index contributed by atoms with van der Waals surface area (Å²) in [7, 11) is 0. The van der Waals surface area contributed by atoms with Gasteiger partial charge in [-0.25, -0.2) is 0 Å². The van der Waals surface area contributed by atoms with Crippen LogP contribution < -0.4 is 5.32 Å². The Bertz CT molecular complexity index is 410. The lowest BCUT2D eigenvalue weighted by atomic mass is 9.94. The van der Waals surface area contributed by atoms with Gasteiger partial charge in [0.05, 0.1) is 12.7 Å². The van der Waals surface area contributed by atoms with E-state index < -0.39 is 0 Å². The maximum absolute atomic E-state index is 6.07. The molecule has 1 heterocycles. The molecule has 118 valence electrons. The van der Waals surface area contributed by atoms with Gasteiger partial charge in [0.15, 0.2) is 0 Å². The Balaban J connectivity index is 1.95. The predicted octanol–water partition coefficient (Wildman–Crippen LogP) is 4.20. The first-order chi connectivity index (χ1) is 10.3. The van der Waals surface area contributed by atoms with Crippen LogP contribution in [0.3, 0.4) is 0 Å². The van der Waals surface area contributed by atoms with Crippen LogP contribution in [0.15, 0.2) is 24.3 Å². The first-order valence-corrected chi connectivity index (χ1v) is 9.51. The van der Waals surface area contributed by atoms with Gasteiger partial charge in [-0.15, -0.1) is 0 Å². The van der Waals surface area contributed by atoms with Crippen LogP contribution in [0, 0.1) is 0 Å². The molecular formula is C18H29NOS. The second kappa shape index (κ2) is 9.50. The van der Waals surface area contributed by atoms with E-state index >= 15 is 0 Å². The van der Waals surface area contributed by atoms with Gasteiger partial charge < -0.3 is 10.1 Å². The molecule has 1 aromatic rings. The fraction of sp³-hybridized carbons (Fsp3) is 0.667. The van der Waals surface area contributed by atoms with Crippen molar-refractivity contribution >= 4 is 11.8 Å². The monoisotopic (exact) mass is 307 g/mol. The molecule has 0 amide bonds. The minimum Gasteiger partial charge on any atom is -0.373 e. The maximum atomic E-state index is 6.07. The van der Waals surface area contributed by atoms with E-state index in [0.29, 0.717) is 6.04 Å². The van der Waals surface area contributed by atoms with Crippen molar-refractivity contribution in [2.45, 2.75) is 51.7 Å². The molecule has 0 bridgehead atoms. The van der Waals surface area contributed by atoms with Crippen LogP contribution in [0.1, 0.15) is 50.3 Å². The number of ether oxygens (including phenoxy) is 1. The van der Waals surface area contributed by atoms with Gasteiger partial charge in [-0.1, -0.05) is 38.1 Å². The summed E-state index contributed by atoms with van der Waals surface area (Å²) in [5, 5.41) is 3.71. The van der Waals surface area contributed by atoms with Crippen LogP contribution in [0.4, 0.5) is 0 Å². The Morgan fingerprint density at radius 2 is 2.14 bits per heavy atom. The average Bonchev–Trinajstić information content (AvgIpc) is 2.53. The molecule has 0 fully saturated rings. The van der Waals surface area contributed by atoms with E-state index in [1.54, 1.807) is 0 Å². The number of benzene rings is 1. The summed E-state index contributed by atoms with van der Waals surface area (Å²) in [6.45, 7) is 6.45. The van der Waals surface area contributed by atoms with Crippen molar-refractivity contribution in [3.05, 3.63) is 35.4 Å². The standard InChI is InChI=1S/C18H29NOS/c1-3-10-19-16(14-21-12-4-2)13-18-17-8-6-5-7-15(17)9-11-20-18/h5-8,16,18-19H,3-4,9-14H2,1-2H3. The Hall–Kier alpha value is -0.510. The first kappa shape index (κ1) is 16.9. The smallest absolute Gasteiger partial charge is 0.0842 e. The van der Waals surface area contributed by atoms with Gasteiger partial charge in [0.2, 0.25) is 0 Å². The predicted molar refractivity (Wildman–Crippen MR) is 93.2 cm³/mol. The van der Waals surface area contributed by atoms with Crippen LogP contribution in [-0.2, 0) is 11.2 Å². The SMILES string of the molecule is CCCNC(CSCCC)CC1OCCc2ccccc21. The summed E-state index contributed by atoms with van der Waals surface area (Å²) < 4.78 is 6.07. The minimum atomic E-state index is 0.270. The number of hydrogen-bond acceptors (Lipinski definition) is 3. The highest BCUT2D eigenvalue weighted by Crippen LogP contribution is 2.31. The van der Waals surface area contributed by atoms with Crippen molar-refractivity contribution in [1.82, 2.24) is 5.32 Å². The second-order valence-corrected chi connectivity index (χ2v) is 6.92. The van der Waals surface area contributed by atoms with Crippen LogP contribution in [0.25, 0.3) is 0 Å². The molecule has 2 nitrogen and oxygen atoms in total. The molecule has 1 aliphatic rings. The van der Waals surface area contributed by atoms with E-state index in [9.17, 15) is 0 Å². The van der Waals surface area contributed by atoms with Gasteiger partial charge in [-0.05, 0) is 49.1 Å². The van der Waals surface area contributed by atoms with Crippen LogP contribution in [-0.4, -0.2) is 30.7 Å². The highest BCUT2D eigenvalue weighted by Gasteiger charge is 2.23. The highest BCUT2D eigenvalue weighted by molar-refractivity contribution is 7.99. The molecule has 0 aliphatic carbocycles. The number of rotatable bonds is 9. The van der Waals surface area contributed by atoms with Crippen molar-refractivity contribution in [3.63, 3.8) is 0 Å². The Morgan fingerprint density at radius 1 is 1.29 bits per heavy atom. The van der Waals surface area contributed by atoms with Gasteiger partial charge in [-0.2, -0.15) is 11.8 Å². The van der Waals surface area contributed by atoms with E-state index in [-0.39, 0.29) is 6.10 Å². The lowest BCUT2D eigenvalue weighted by Crippen LogP contribution is -2.35. The molecule has 2 atom stereocenters. The fourth-order valence-electron chi connectivity index (χ4n) is 2.86. The normalized spacial score (nSPS) is 19.2. The van der Waals surface area contributed by atoms with E-state index in [1.807, 2.05) is 0 Å². The summed E-state index contributed by atoms with van der Waals surface area (Å²) in [4.78, 5) is 0. The van der Waals surface area contributed by atoms with Crippen LogP contribution >= 0.6 is 11.8 Å². The van der Waals surface area contributed by atoms with Crippen LogP contribution in [0.2, 0.25) is 0 Å². The Labute approximate surface area is 134 Å². The van der Waals surface area contributed by atoms with Crippen molar-refractivity contribution < 1.29 is 4.74 Å². The maximum Gasteiger partial charge on any atom is 0.0842 e. The van der Waals surface area contributed by atoms with Gasteiger partial charge >= 0.3 is 0 Å². The molecule has 0 saturated heterocycles. The molecule has 21 heavy (non-hydrogen) atoms. The summed E-state index contributed by atoms with van der Waals surface area (Å²) in [6.07, 6.45) is 4.87. The third kappa shape index (κ3) is 5.32. The molecule has 3 heteroatoms. The lowest BCUT2D eigenvalue weighted by molar-refractivity contribution is 0.0311. The number of hydrogen-bond donors (Lipinski definition) is 1. The second-order valence-electron chi connectivity index (χ2n) is 5.77. The van der Waals surface area contributed by atoms with E-state index in [0.717, 1.165) is 26.0 Å². The molecular weight excluding hydrogens is 278 g/mol. The molecule has 2 unspecified atom stereocenters. The molecule has 2 rings (SSSR count). The Morgan fingerprint density at radius 3 is 2.95 bits per heavy atom. The zero-order valence-corrected chi connectivity index (χ0v) is 14.3.